The van der Waals surface area contributed by atoms with Gasteiger partial charge in [0.25, 0.3) is 0 Å². The molecule has 0 aliphatic rings. The molecular formula is C18H21BrFN. The van der Waals surface area contributed by atoms with Crippen LogP contribution in [0.3, 0.4) is 0 Å². The van der Waals surface area contributed by atoms with Gasteiger partial charge in [0.15, 0.2) is 0 Å². The maximum atomic E-state index is 14.1. The van der Waals surface area contributed by atoms with Crippen molar-refractivity contribution >= 4 is 15.9 Å². The molecule has 2 aromatic carbocycles. The highest BCUT2D eigenvalue weighted by Crippen LogP contribution is 2.25. The summed E-state index contributed by atoms with van der Waals surface area (Å²) in [6, 6.07) is 11.5. The fraction of sp³-hybridized carbons (Fsp3) is 0.333. The molecule has 112 valence electrons. The smallest absolute Gasteiger partial charge is 0.128 e. The van der Waals surface area contributed by atoms with Crippen LogP contribution in [0.2, 0.25) is 0 Å². The van der Waals surface area contributed by atoms with Crippen LogP contribution in [-0.2, 0) is 6.42 Å². The van der Waals surface area contributed by atoms with Crippen molar-refractivity contribution < 1.29 is 4.39 Å². The summed E-state index contributed by atoms with van der Waals surface area (Å²) in [5.41, 5.74) is 4.50. The molecule has 0 fully saturated rings. The first-order valence-corrected chi connectivity index (χ1v) is 8.05. The molecule has 0 saturated heterocycles. The minimum absolute atomic E-state index is 0.0189. The van der Waals surface area contributed by atoms with Gasteiger partial charge in [0.05, 0.1) is 0 Å². The van der Waals surface area contributed by atoms with Gasteiger partial charge in [-0.1, -0.05) is 41.1 Å². The van der Waals surface area contributed by atoms with Gasteiger partial charge in [0.1, 0.15) is 5.82 Å². The molecule has 0 aliphatic carbocycles. The molecule has 0 saturated carbocycles. The standard InChI is InChI=1S/C18H21BrFN/c1-4-21-18(16-11-15(19)7-8-17(16)20)10-14-6-5-12(2)13(3)9-14/h5-9,11,18,21H,4,10H2,1-3H3. The SMILES string of the molecule is CCNC(Cc1ccc(C)c(C)c1)c1cc(Br)ccc1F. The van der Waals surface area contributed by atoms with Crippen LogP contribution in [-0.4, -0.2) is 6.54 Å². The number of nitrogens with one attached hydrogen (secondary N) is 1. The van der Waals surface area contributed by atoms with Crippen molar-refractivity contribution in [3.8, 4) is 0 Å². The summed E-state index contributed by atoms with van der Waals surface area (Å²) in [6.45, 7) is 7.07. The van der Waals surface area contributed by atoms with Crippen LogP contribution in [0.1, 0.15) is 35.2 Å². The van der Waals surface area contributed by atoms with E-state index in [0.29, 0.717) is 5.56 Å². The van der Waals surface area contributed by atoms with E-state index < -0.39 is 0 Å². The van der Waals surface area contributed by atoms with Gasteiger partial charge in [0, 0.05) is 16.1 Å². The summed E-state index contributed by atoms with van der Waals surface area (Å²) in [6.07, 6.45) is 0.780. The monoisotopic (exact) mass is 349 g/mol. The molecule has 1 unspecified atom stereocenters. The van der Waals surface area contributed by atoms with Crippen molar-refractivity contribution in [2.45, 2.75) is 33.2 Å². The Kier molecular flexibility index (Phi) is 5.54. The summed E-state index contributed by atoms with van der Waals surface area (Å²) in [4.78, 5) is 0. The van der Waals surface area contributed by atoms with E-state index in [1.165, 1.54) is 22.8 Å². The molecule has 0 spiro atoms. The Labute approximate surface area is 134 Å². The molecule has 21 heavy (non-hydrogen) atoms. The van der Waals surface area contributed by atoms with Crippen LogP contribution in [0.4, 0.5) is 4.39 Å². The molecule has 2 rings (SSSR count). The molecular weight excluding hydrogens is 329 g/mol. The average molecular weight is 350 g/mol. The van der Waals surface area contributed by atoms with E-state index in [4.69, 9.17) is 0 Å². The first-order valence-electron chi connectivity index (χ1n) is 7.25. The summed E-state index contributed by atoms with van der Waals surface area (Å²) in [7, 11) is 0. The molecule has 2 aromatic rings. The Morgan fingerprint density at radius 1 is 1.10 bits per heavy atom. The van der Waals surface area contributed by atoms with Gasteiger partial charge in [0.2, 0.25) is 0 Å². The summed E-state index contributed by atoms with van der Waals surface area (Å²) in [5, 5.41) is 3.39. The van der Waals surface area contributed by atoms with Crippen molar-refractivity contribution in [3.05, 3.63) is 68.9 Å². The quantitative estimate of drug-likeness (QED) is 0.791. The van der Waals surface area contributed by atoms with Gasteiger partial charge in [-0.05, 0) is 61.7 Å². The Morgan fingerprint density at radius 2 is 1.86 bits per heavy atom. The van der Waals surface area contributed by atoms with E-state index in [2.05, 4.69) is 53.3 Å². The Morgan fingerprint density at radius 3 is 2.52 bits per heavy atom. The summed E-state index contributed by atoms with van der Waals surface area (Å²) < 4.78 is 15.0. The van der Waals surface area contributed by atoms with Gasteiger partial charge < -0.3 is 5.32 Å². The second-order valence-corrected chi connectivity index (χ2v) is 6.31. The third-order valence-electron chi connectivity index (χ3n) is 3.80. The van der Waals surface area contributed by atoms with Crippen molar-refractivity contribution in [2.75, 3.05) is 6.54 Å². The number of benzene rings is 2. The summed E-state index contributed by atoms with van der Waals surface area (Å²) >= 11 is 3.43. The lowest BCUT2D eigenvalue weighted by atomic mass is 9.96. The van der Waals surface area contributed by atoms with Crippen LogP contribution >= 0.6 is 15.9 Å². The van der Waals surface area contributed by atoms with Gasteiger partial charge in [-0.3, -0.25) is 0 Å². The number of hydrogen-bond acceptors (Lipinski definition) is 1. The predicted molar refractivity (Wildman–Crippen MR) is 90.1 cm³/mol. The molecule has 0 amide bonds. The highest BCUT2D eigenvalue weighted by atomic mass is 79.9. The molecule has 0 radical (unpaired) electrons. The first-order chi connectivity index (χ1) is 10.0. The van der Waals surface area contributed by atoms with E-state index in [-0.39, 0.29) is 11.9 Å². The van der Waals surface area contributed by atoms with Crippen molar-refractivity contribution in [3.63, 3.8) is 0 Å². The lowest BCUT2D eigenvalue weighted by molar-refractivity contribution is 0.509. The van der Waals surface area contributed by atoms with Crippen LogP contribution < -0.4 is 5.32 Å². The largest absolute Gasteiger partial charge is 0.310 e. The number of rotatable bonds is 5. The third kappa shape index (κ3) is 4.14. The second kappa shape index (κ2) is 7.19. The lowest BCUT2D eigenvalue weighted by Crippen LogP contribution is -2.24. The van der Waals surface area contributed by atoms with E-state index >= 15 is 0 Å². The van der Waals surface area contributed by atoms with E-state index in [1.54, 1.807) is 6.07 Å². The van der Waals surface area contributed by atoms with E-state index in [0.717, 1.165) is 17.4 Å². The maximum Gasteiger partial charge on any atom is 0.128 e. The zero-order valence-electron chi connectivity index (χ0n) is 12.7. The molecule has 1 N–H and O–H groups in total. The molecule has 0 bridgehead atoms. The number of likely N-dealkylation sites (N-methyl/N-ethyl adjacent to an activating group) is 1. The molecule has 0 heterocycles. The lowest BCUT2D eigenvalue weighted by Gasteiger charge is -2.20. The molecule has 1 atom stereocenters. The van der Waals surface area contributed by atoms with Crippen LogP contribution in [0.25, 0.3) is 0 Å². The molecule has 0 aromatic heterocycles. The fourth-order valence-corrected chi connectivity index (χ4v) is 2.87. The van der Waals surface area contributed by atoms with Gasteiger partial charge >= 0.3 is 0 Å². The topological polar surface area (TPSA) is 12.0 Å². The van der Waals surface area contributed by atoms with E-state index in [1.807, 2.05) is 13.0 Å². The zero-order valence-corrected chi connectivity index (χ0v) is 14.3. The number of hydrogen-bond donors (Lipinski definition) is 1. The normalized spacial score (nSPS) is 12.4. The van der Waals surface area contributed by atoms with Gasteiger partial charge in [-0.2, -0.15) is 0 Å². The number of halogens is 2. The molecule has 3 heteroatoms. The van der Waals surface area contributed by atoms with E-state index in [9.17, 15) is 4.39 Å². The van der Waals surface area contributed by atoms with Crippen molar-refractivity contribution in [1.29, 1.82) is 0 Å². The fourth-order valence-electron chi connectivity index (χ4n) is 2.49. The predicted octanol–water partition coefficient (Wildman–Crippen LogP) is 5.10. The Bertz CT molecular complexity index is 625. The zero-order chi connectivity index (χ0) is 15.4. The highest BCUT2D eigenvalue weighted by Gasteiger charge is 2.16. The van der Waals surface area contributed by atoms with Crippen LogP contribution in [0, 0.1) is 19.7 Å². The third-order valence-corrected chi connectivity index (χ3v) is 4.29. The van der Waals surface area contributed by atoms with Crippen LogP contribution in [0.5, 0.6) is 0 Å². The molecule has 1 nitrogen and oxygen atoms in total. The van der Waals surface area contributed by atoms with Crippen molar-refractivity contribution in [1.82, 2.24) is 5.32 Å². The first kappa shape index (κ1) is 16.2. The maximum absolute atomic E-state index is 14.1. The molecule has 0 aliphatic heterocycles. The highest BCUT2D eigenvalue weighted by molar-refractivity contribution is 9.10. The van der Waals surface area contributed by atoms with Gasteiger partial charge in [-0.25, -0.2) is 4.39 Å². The average Bonchev–Trinajstić information content (AvgIpc) is 2.45. The van der Waals surface area contributed by atoms with Crippen LogP contribution in [0.15, 0.2) is 40.9 Å². The minimum atomic E-state index is -0.159. The number of aryl methyl sites for hydroxylation is 2. The minimum Gasteiger partial charge on any atom is -0.310 e. The van der Waals surface area contributed by atoms with Gasteiger partial charge in [-0.15, -0.1) is 0 Å². The van der Waals surface area contributed by atoms with Crippen molar-refractivity contribution in [2.24, 2.45) is 0 Å². The Balaban J connectivity index is 2.30. The second-order valence-electron chi connectivity index (χ2n) is 5.40. The summed E-state index contributed by atoms with van der Waals surface area (Å²) in [5.74, 6) is -0.159. The Hall–Kier alpha value is -1.19.